The van der Waals surface area contributed by atoms with Gasteiger partial charge in [-0.25, -0.2) is 8.42 Å². The van der Waals surface area contributed by atoms with Gasteiger partial charge in [0.1, 0.15) is 5.69 Å². The predicted octanol–water partition coefficient (Wildman–Crippen LogP) is 3.50. The normalized spacial score (nSPS) is 19.1. The van der Waals surface area contributed by atoms with Gasteiger partial charge in [-0.15, -0.1) is 0 Å². The molecule has 1 atom stereocenters. The van der Waals surface area contributed by atoms with Crippen LogP contribution >= 0.6 is 0 Å². The van der Waals surface area contributed by atoms with Crippen LogP contribution in [-0.4, -0.2) is 39.4 Å². The molecule has 154 valence electrons. The van der Waals surface area contributed by atoms with E-state index in [-0.39, 0.29) is 16.6 Å². The van der Waals surface area contributed by atoms with E-state index in [1.165, 1.54) is 12.1 Å². The minimum Gasteiger partial charge on any atom is -0.490 e. The molecule has 2 heterocycles. The van der Waals surface area contributed by atoms with Gasteiger partial charge in [0.25, 0.3) is 5.69 Å². The molecule has 29 heavy (non-hydrogen) atoms. The van der Waals surface area contributed by atoms with Crippen molar-refractivity contribution in [3.05, 3.63) is 52.1 Å². The van der Waals surface area contributed by atoms with Gasteiger partial charge >= 0.3 is 0 Å². The third-order valence-electron chi connectivity index (χ3n) is 5.29. The second-order valence-corrected chi connectivity index (χ2v) is 9.30. The molecule has 0 unspecified atom stereocenters. The van der Waals surface area contributed by atoms with Crippen molar-refractivity contribution in [1.82, 2.24) is 0 Å². The van der Waals surface area contributed by atoms with E-state index in [1.54, 1.807) is 0 Å². The van der Waals surface area contributed by atoms with Gasteiger partial charge in [-0.3, -0.25) is 10.1 Å². The van der Waals surface area contributed by atoms with Gasteiger partial charge < -0.3 is 14.4 Å². The highest BCUT2D eigenvalue weighted by atomic mass is 32.2. The van der Waals surface area contributed by atoms with Gasteiger partial charge in [0.2, 0.25) is 0 Å². The molecule has 2 aromatic rings. The van der Waals surface area contributed by atoms with Crippen LogP contribution in [0.25, 0.3) is 0 Å². The summed E-state index contributed by atoms with van der Waals surface area (Å²) < 4.78 is 35.1. The fourth-order valence-corrected chi connectivity index (χ4v) is 4.55. The number of hydrogen-bond donors (Lipinski definition) is 0. The molecule has 0 bridgehead atoms. The second kappa shape index (κ2) is 7.55. The molecule has 0 spiro atoms. The Morgan fingerprint density at radius 1 is 1.07 bits per heavy atom. The van der Waals surface area contributed by atoms with E-state index in [9.17, 15) is 18.5 Å². The van der Waals surface area contributed by atoms with Crippen LogP contribution in [0, 0.1) is 10.1 Å². The van der Waals surface area contributed by atoms with E-state index in [0.29, 0.717) is 36.9 Å². The van der Waals surface area contributed by atoms with Gasteiger partial charge in [-0.1, -0.05) is 6.07 Å². The predicted molar refractivity (Wildman–Crippen MR) is 108 cm³/mol. The molecule has 0 N–H and O–H groups in total. The maximum atomic E-state index is 11.8. The first-order chi connectivity index (χ1) is 13.8. The lowest BCUT2D eigenvalue weighted by Gasteiger charge is -2.27. The molecule has 0 amide bonds. The second-order valence-electron chi connectivity index (χ2n) is 7.29. The Bertz CT molecular complexity index is 1050. The van der Waals surface area contributed by atoms with Crippen molar-refractivity contribution >= 4 is 21.2 Å². The van der Waals surface area contributed by atoms with Crippen molar-refractivity contribution in [2.75, 3.05) is 30.9 Å². The van der Waals surface area contributed by atoms with Gasteiger partial charge in [0.15, 0.2) is 21.3 Å². The molecule has 0 aliphatic carbocycles. The Morgan fingerprint density at radius 2 is 1.83 bits per heavy atom. The van der Waals surface area contributed by atoms with Crippen molar-refractivity contribution in [1.29, 1.82) is 0 Å². The summed E-state index contributed by atoms with van der Waals surface area (Å²) in [6.07, 6.45) is 3.58. The Labute approximate surface area is 169 Å². The summed E-state index contributed by atoms with van der Waals surface area (Å²) >= 11 is 0. The van der Waals surface area contributed by atoms with Crippen molar-refractivity contribution in [3.63, 3.8) is 0 Å². The minimum atomic E-state index is -3.53. The summed E-state index contributed by atoms with van der Waals surface area (Å²) in [6, 6.07) is 9.85. The number of nitro groups is 1. The quantitative estimate of drug-likeness (QED) is 0.553. The van der Waals surface area contributed by atoms with Crippen LogP contribution in [-0.2, 0) is 9.84 Å². The summed E-state index contributed by atoms with van der Waals surface area (Å²) in [5.74, 6) is 1.40. The number of sulfone groups is 1. The SMILES string of the molecule is CS(=O)(=O)c1ccc(N2CCC[C@@H]2c2ccc3c(c2)OCCCO3)c([N+](=O)[O-])c1. The van der Waals surface area contributed by atoms with Crippen LogP contribution in [0.3, 0.4) is 0 Å². The Kier molecular flexibility index (Phi) is 5.08. The molecule has 2 aromatic carbocycles. The minimum absolute atomic E-state index is 0.0562. The monoisotopic (exact) mass is 418 g/mol. The molecular formula is C20H22N2O6S. The highest BCUT2D eigenvalue weighted by Crippen LogP contribution is 2.43. The molecular weight excluding hydrogens is 396 g/mol. The van der Waals surface area contributed by atoms with Crippen molar-refractivity contribution in [2.45, 2.75) is 30.2 Å². The Morgan fingerprint density at radius 3 is 2.55 bits per heavy atom. The fourth-order valence-electron chi connectivity index (χ4n) is 3.91. The Balaban J connectivity index is 1.72. The van der Waals surface area contributed by atoms with Gasteiger partial charge in [0.05, 0.1) is 29.1 Å². The number of benzene rings is 2. The maximum Gasteiger partial charge on any atom is 0.293 e. The zero-order valence-corrected chi connectivity index (χ0v) is 16.9. The molecule has 1 saturated heterocycles. The third-order valence-corrected chi connectivity index (χ3v) is 6.40. The highest BCUT2D eigenvalue weighted by Gasteiger charge is 2.32. The average Bonchev–Trinajstić information content (AvgIpc) is 3.05. The summed E-state index contributed by atoms with van der Waals surface area (Å²) in [6.45, 7) is 1.85. The molecule has 0 saturated carbocycles. The van der Waals surface area contributed by atoms with Crippen molar-refractivity contribution in [3.8, 4) is 11.5 Å². The first kappa shape index (κ1) is 19.5. The van der Waals surface area contributed by atoms with Gasteiger partial charge in [0, 0.05) is 25.3 Å². The van der Waals surface area contributed by atoms with E-state index < -0.39 is 14.8 Å². The van der Waals surface area contributed by atoms with Crippen LogP contribution in [0.2, 0.25) is 0 Å². The van der Waals surface area contributed by atoms with E-state index >= 15 is 0 Å². The first-order valence-electron chi connectivity index (χ1n) is 9.49. The zero-order valence-electron chi connectivity index (χ0n) is 16.0. The molecule has 4 rings (SSSR count). The number of fused-ring (bicyclic) bond motifs is 1. The third kappa shape index (κ3) is 3.87. The number of nitrogens with zero attached hydrogens (tertiary/aromatic N) is 2. The number of ether oxygens (including phenoxy) is 2. The summed E-state index contributed by atoms with van der Waals surface area (Å²) in [5, 5.41) is 11.7. The number of hydrogen-bond acceptors (Lipinski definition) is 7. The first-order valence-corrected chi connectivity index (χ1v) is 11.4. The molecule has 9 heteroatoms. The lowest BCUT2D eigenvalue weighted by Crippen LogP contribution is -2.23. The molecule has 0 aromatic heterocycles. The van der Waals surface area contributed by atoms with Gasteiger partial charge in [-0.05, 0) is 42.7 Å². The maximum absolute atomic E-state index is 11.8. The molecule has 2 aliphatic rings. The lowest BCUT2D eigenvalue weighted by molar-refractivity contribution is -0.384. The number of anilines is 1. The van der Waals surface area contributed by atoms with Crippen LogP contribution < -0.4 is 14.4 Å². The number of rotatable bonds is 4. The van der Waals surface area contributed by atoms with Crippen molar-refractivity contribution in [2.24, 2.45) is 0 Å². The van der Waals surface area contributed by atoms with Crippen LogP contribution in [0.5, 0.6) is 11.5 Å². The smallest absolute Gasteiger partial charge is 0.293 e. The average molecular weight is 418 g/mol. The van der Waals surface area contributed by atoms with Crippen molar-refractivity contribution < 1.29 is 22.8 Å². The topological polar surface area (TPSA) is 99.0 Å². The van der Waals surface area contributed by atoms with E-state index in [1.807, 2.05) is 23.1 Å². The summed E-state index contributed by atoms with van der Waals surface area (Å²) in [7, 11) is -3.53. The number of nitro benzene ring substituents is 1. The van der Waals surface area contributed by atoms with E-state index in [0.717, 1.165) is 37.1 Å². The summed E-state index contributed by atoms with van der Waals surface area (Å²) in [5.41, 5.74) is 1.22. The summed E-state index contributed by atoms with van der Waals surface area (Å²) in [4.78, 5) is 13.1. The van der Waals surface area contributed by atoms with E-state index in [2.05, 4.69) is 0 Å². The fraction of sp³-hybridized carbons (Fsp3) is 0.400. The van der Waals surface area contributed by atoms with Crippen LogP contribution in [0.15, 0.2) is 41.3 Å². The van der Waals surface area contributed by atoms with Gasteiger partial charge in [-0.2, -0.15) is 0 Å². The molecule has 8 nitrogen and oxygen atoms in total. The van der Waals surface area contributed by atoms with Crippen LogP contribution in [0.1, 0.15) is 30.9 Å². The standard InChI is InChI=1S/C20H22N2O6S/c1-29(25,26)15-6-7-17(18(13-15)22(23)24)21-9-2-4-16(21)14-5-8-19-20(12-14)28-11-3-10-27-19/h5-8,12-13,16H,2-4,9-11H2,1H3/t16-/m1/s1. The highest BCUT2D eigenvalue weighted by molar-refractivity contribution is 7.90. The molecule has 2 aliphatic heterocycles. The molecule has 1 fully saturated rings. The lowest BCUT2D eigenvalue weighted by atomic mass is 10.0. The van der Waals surface area contributed by atoms with E-state index in [4.69, 9.17) is 9.47 Å². The van der Waals surface area contributed by atoms with Crippen LogP contribution in [0.4, 0.5) is 11.4 Å². The molecule has 0 radical (unpaired) electrons. The Hall–Kier alpha value is -2.81. The zero-order chi connectivity index (χ0) is 20.6. The largest absolute Gasteiger partial charge is 0.490 e.